The van der Waals surface area contributed by atoms with E-state index in [1.54, 1.807) is 12.3 Å². The van der Waals surface area contributed by atoms with Gasteiger partial charge in [0.25, 0.3) is 0 Å². The number of sulfonamides is 1. The summed E-state index contributed by atoms with van der Waals surface area (Å²) in [4.78, 5) is 0.214. The van der Waals surface area contributed by atoms with Gasteiger partial charge in [-0.15, -0.1) is 0 Å². The monoisotopic (exact) mass is 298 g/mol. The fraction of sp³-hybridized carbons (Fsp3) is 0.385. The third-order valence-electron chi connectivity index (χ3n) is 2.95. The average molecular weight is 298 g/mol. The smallest absolute Gasteiger partial charge is 0.240 e. The molecule has 104 valence electrons. The van der Waals surface area contributed by atoms with Crippen molar-refractivity contribution in [3.8, 4) is 0 Å². The lowest BCUT2D eigenvalue weighted by molar-refractivity contribution is 0.597. The van der Waals surface area contributed by atoms with Gasteiger partial charge >= 0.3 is 0 Å². The Morgan fingerprint density at radius 3 is 2.74 bits per heavy atom. The van der Waals surface area contributed by atoms with Gasteiger partial charge in [0.1, 0.15) is 4.90 Å². The first-order valence-electron chi connectivity index (χ1n) is 6.22. The fourth-order valence-electron chi connectivity index (χ4n) is 2.11. The average Bonchev–Trinajstić information content (AvgIpc) is 2.74. The Hall–Kier alpha value is -0.980. The maximum absolute atomic E-state index is 11.6. The maximum atomic E-state index is 11.6. The third kappa shape index (κ3) is 3.32. The van der Waals surface area contributed by atoms with Gasteiger partial charge in [0.2, 0.25) is 10.0 Å². The predicted molar refractivity (Wildman–Crippen MR) is 80.9 cm³/mol. The van der Waals surface area contributed by atoms with E-state index in [0.717, 1.165) is 30.0 Å². The summed E-state index contributed by atoms with van der Waals surface area (Å²) in [7, 11) is -3.67. The molecule has 0 fully saturated rings. The van der Waals surface area contributed by atoms with E-state index in [9.17, 15) is 8.42 Å². The van der Waals surface area contributed by atoms with Crippen molar-refractivity contribution in [2.45, 2.75) is 24.8 Å². The molecule has 1 aromatic carbocycles. The summed E-state index contributed by atoms with van der Waals surface area (Å²) < 4.78 is 25.2. The molecule has 0 aliphatic rings. The second-order valence-electron chi connectivity index (χ2n) is 4.30. The minimum absolute atomic E-state index is 0.214. The Bertz CT molecular complexity index is 662. The van der Waals surface area contributed by atoms with Crippen LogP contribution in [-0.4, -0.2) is 24.5 Å². The SMILES string of the molecule is CCSCCCn1cc(S(N)(=O)=O)c2ccccc21. The predicted octanol–water partition coefficient (Wildman–Crippen LogP) is 2.43. The van der Waals surface area contributed by atoms with Gasteiger partial charge in [-0.1, -0.05) is 25.1 Å². The number of hydrogen-bond donors (Lipinski definition) is 1. The van der Waals surface area contributed by atoms with Gasteiger partial charge < -0.3 is 4.57 Å². The fourth-order valence-corrected chi connectivity index (χ4v) is 3.48. The van der Waals surface area contributed by atoms with Crippen molar-refractivity contribution in [2.75, 3.05) is 11.5 Å². The Morgan fingerprint density at radius 2 is 2.05 bits per heavy atom. The van der Waals surface area contributed by atoms with Crippen LogP contribution in [0.3, 0.4) is 0 Å². The molecule has 0 saturated heterocycles. The zero-order valence-corrected chi connectivity index (χ0v) is 12.5. The number of nitrogens with zero attached hydrogens (tertiary/aromatic N) is 1. The van der Waals surface area contributed by atoms with Crippen molar-refractivity contribution in [1.82, 2.24) is 4.57 Å². The number of para-hydroxylation sites is 1. The number of thioether (sulfide) groups is 1. The van der Waals surface area contributed by atoms with Crippen molar-refractivity contribution >= 4 is 32.7 Å². The van der Waals surface area contributed by atoms with E-state index in [-0.39, 0.29) is 4.90 Å². The topological polar surface area (TPSA) is 65.1 Å². The van der Waals surface area contributed by atoms with Crippen LogP contribution >= 0.6 is 11.8 Å². The van der Waals surface area contributed by atoms with Crippen LogP contribution in [0, 0.1) is 0 Å². The highest BCUT2D eigenvalue weighted by molar-refractivity contribution is 7.99. The highest BCUT2D eigenvalue weighted by Gasteiger charge is 2.16. The number of nitrogens with two attached hydrogens (primary N) is 1. The van der Waals surface area contributed by atoms with E-state index in [0.29, 0.717) is 5.39 Å². The van der Waals surface area contributed by atoms with Gasteiger partial charge in [0.15, 0.2) is 0 Å². The maximum Gasteiger partial charge on any atom is 0.240 e. The zero-order chi connectivity index (χ0) is 13.9. The van der Waals surface area contributed by atoms with Crippen molar-refractivity contribution < 1.29 is 8.42 Å². The summed E-state index contributed by atoms with van der Waals surface area (Å²) in [5, 5.41) is 5.97. The summed E-state index contributed by atoms with van der Waals surface area (Å²) in [5.41, 5.74) is 0.924. The van der Waals surface area contributed by atoms with E-state index >= 15 is 0 Å². The molecule has 0 radical (unpaired) electrons. The number of fused-ring (bicyclic) bond motifs is 1. The molecule has 2 aromatic rings. The quantitative estimate of drug-likeness (QED) is 0.833. The van der Waals surface area contributed by atoms with Crippen LogP contribution in [0.4, 0.5) is 0 Å². The normalized spacial score (nSPS) is 12.1. The number of aromatic nitrogens is 1. The lowest BCUT2D eigenvalue weighted by atomic mass is 10.2. The first-order valence-corrected chi connectivity index (χ1v) is 8.92. The van der Waals surface area contributed by atoms with Crippen LogP contribution in [0.15, 0.2) is 35.4 Å². The molecule has 2 rings (SSSR count). The van der Waals surface area contributed by atoms with Gasteiger partial charge in [-0.25, -0.2) is 13.6 Å². The molecule has 4 nitrogen and oxygen atoms in total. The summed E-state index contributed by atoms with van der Waals surface area (Å²) in [5.74, 6) is 2.18. The number of rotatable bonds is 6. The number of primary sulfonamides is 1. The van der Waals surface area contributed by atoms with Crippen molar-refractivity contribution in [3.05, 3.63) is 30.5 Å². The van der Waals surface area contributed by atoms with Crippen LogP contribution in [0.25, 0.3) is 10.9 Å². The van der Waals surface area contributed by atoms with Gasteiger partial charge in [-0.2, -0.15) is 11.8 Å². The molecule has 0 atom stereocenters. The van der Waals surface area contributed by atoms with Crippen molar-refractivity contribution in [1.29, 1.82) is 0 Å². The lowest BCUT2D eigenvalue weighted by Gasteiger charge is -2.04. The molecule has 0 saturated carbocycles. The van der Waals surface area contributed by atoms with Gasteiger partial charge in [0, 0.05) is 23.6 Å². The van der Waals surface area contributed by atoms with Crippen LogP contribution in [-0.2, 0) is 16.6 Å². The Balaban J connectivity index is 2.34. The molecular formula is C13H18N2O2S2. The summed E-state index contributed by atoms with van der Waals surface area (Å²) >= 11 is 1.89. The molecule has 1 aromatic heterocycles. The number of aryl methyl sites for hydroxylation is 1. The second-order valence-corrected chi connectivity index (χ2v) is 7.22. The molecule has 6 heteroatoms. The molecule has 0 bridgehead atoms. The minimum Gasteiger partial charge on any atom is -0.346 e. The van der Waals surface area contributed by atoms with E-state index in [4.69, 9.17) is 5.14 Å². The molecule has 0 aliphatic carbocycles. The largest absolute Gasteiger partial charge is 0.346 e. The highest BCUT2D eigenvalue weighted by atomic mass is 32.2. The molecular weight excluding hydrogens is 280 g/mol. The summed E-state index contributed by atoms with van der Waals surface area (Å²) in [6.07, 6.45) is 2.66. The standard InChI is InChI=1S/C13H18N2O2S2/c1-2-18-9-5-8-15-10-13(19(14,16)17)11-6-3-4-7-12(11)15/h3-4,6-7,10H,2,5,8-9H2,1H3,(H2,14,16,17). The number of benzene rings is 1. The first-order chi connectivity index (χ1) is 9.04. The molecule has 0 amide bonds. The zero-order valence-electron chi connectivity index (χ0n) is 10.9. The summed E-state index contributed by atoms with van der Waals surface area (Å²) in [6.45, 7) is 2.94. The van der Waals surface area contributed by atoms with E-state index < -0.39 is 10.0 Å². The Morgan fingerprint density at radius 1 is 1.32 bits per heavy atom. The van der Waals surface area contributed by atoms with E-state index in [1.807, 2.05) is 34.5 Å². The second kappa shape index (κ2) is 5.98. The molecule has 1 heterocycles. The molecule has 0 spiro atoms. The van der Waals surface area contributed by atoms with Gasteiger partial charge in [-0.3, -0.25) is 0 Å². The van der Waals surface area contributed by atoms with Crippen molar-refractivity contribution in [3.63, 3.8) is 0 Å². The van der Waals surface area contributed by atoms with E-state index in [1.165, 1.54) is 0 Å². The first kappa shape index (κ1) is 14.4. The highest BCUT2D eigenvalue weighted by Crippen LogP contribution is 2.24. The van der Waals surface area contributed by atoms with Crippen LogP contribution < -0.4 is 5.14 Å². The minimum atomic E-state index is -3.67. The molecule has 19 heavy (non-hydrogen) atoms. The van der Waals surface area contributed by atoms with E-state index in [2.05, 4.69) is 6.92 Å². The van der Waals surface area contributed by atoms with Crippen LogP contribution in [0.5, 0.6) is 0 Å². The van der Waals surface area contributed by atoms with Crippen LogP contribution in [0.1, 0.15) is 13.3 Å². The van der Waals surface area contributed by atoms with Crippen LogP contribution in [0.2, 0.25) is 0 Å². The number of hydrogen-bond acceptors (Lipinski definition) is 3. The molecule has 2 N–H and O–H groups in total. The van der Waals surface area contributed by atoms with Gasteiger partial charge in [0.05, 0.1) is 0 Å². The lowest BCUT2D eigenvalue weighted by Crippen LogP contribution is -2.11. The summed E-state index contributed by atoms with van der Waals surface area (Å²) in [6, 6.07) is 7.46. The molecule has 0 aliphatic heterocycles. The third-order valence-corrected chi connectivity index (χ3v) is 4.87. The Labute approximate surface area is 118 Å². The molecule has 0 unspecified atom stereocenters. The van der Waals surface area contributed by atoms with Gasteiger partial charge in [-0.05, 0) is 24.0 Å². The van der Waals surface area contributed by atoms with Crippen molar-refractivity contribution in [2.24, 2.45) is 5.14 Å². The Kier molecular flexibility index (Phi) is 4.54.